The monoisotopic (exact) mass is 260 g/mol. The number of benzene rings is 1. The lowest BCUT2D eigenvalue weighted by Gasteiger charge is -2.44. The summed E-state index contributed by atoms with van der Waals surface area (Å²) in [5, 5.41) is 3.66. The molecule has 1 aromatic carbocycles. The molecule has 19 heavy (non-hydrogen) atoms. The minimum absolute atomic E-state index is 0.227. The fraction of sp³-hybridized carbons (Fsp3) is 0.647. The maximum absolute atomic E-state index is 3.66. The molecule has 1 aromatic rings. The molecule has 0 amide bonds. The Morgan fingerprint density at radius 2 is 1.84 bits per heavy atom. The number of hydrogen-bond acceptors (Lipinski definition) is 2. The first kappa shape index (κ1) is 14.5. The number of nitrogens with one attached hydrogen (secondary N) is 1. The van der Waals surface area contributed by atoms with Crippen LogP contribution in [0.1, 0.15) is 43.9 Å². The van der Waals surface area contributed by atoms with E-state index in [4.69, 9.17) is 0 Å². The van der Waals surface area contributed by atoms with Gasteiger partial charge in [-0.1, -0.05) is 36.2 Å². The Morgan fingerprint density at radius 1 is 1.21 bits per heavy atom. The molecule has 2 nitrogen and oxygen atoms in total. The van der Waals surface area contributed by atoms with Crippen molar-refractivity contribution in [2.45, 2.75) is 59.2 Å². The van der Waals surface area contributed by atoms with Crippen LogP contribution in [0.4, 0.5) is 0 Å². The van der Waals surface area contributed by atoms with Gasteiger partial charge in [0, 0.05) is 31.2 Å². The van der Waals surface area contributed by atoms with Gasteiger partial charge in [-0.25, -0.2) is 0 Å². The summed E-state index contributed by atoms with van der Waals surface area (Å²) < 4.78 is 0. The maximum Gasteiger partial charge on any atom is 0.0253 e. The summed E-state index contributed by atoms with van der Waals surface area (Å²) in [5.74, 6) is 0. The molecule has 0 aromatic heterocycles. The summed E-state index contributed by atoms with van der Waals surface area (Å²) in [6.45, 7) is 14.6. The van der Waals surface area contributed by atoms with Crippen LogP contribution in [0.3, 0.4) is 0 Å². The number of nitrogens with zero attached hydrogens (tertiary/aromatic N) is 1. The van der Waals surface area contributed by atoms with Crippen molar-refractivity contribution >= 4 is 0 Å². The van der Waals surface area contributed by atoms with E-state index >= 15 is 0 Å². The van der Waals surface area contributed by atoms with Crippen LogP contribution in [-0.4, -0.2) is 29.6 Å². The lowest BCUT2D eigenvalue weighted by atomic mass is 9.96. The van der Waals surface area contributed by atoms with Crippen molar-refractivity contribution in [3.63, 3.8) is 0 Å². The van der Waals surface area contributed by atoms with E-state index in [1.807, 2.05) is 0 Å². The molecule has 2 heteroatoms. The van der Waals surface area contributed by atoms with Gasteiger partial charge in [0.1, 0.15) is 0 Å². The fourth-order valence-electron chi connectivity index (χ4n) is 3.20. The Balaban J connectivity index is 2.14. The van der Waals surface area contributed by atoms with E-state index in [1.165, 1.54) is 23.1 Å². The van der Waals surface area contributed by atoms with Gasteiger partial charge in [0.2, 0.25) is 0 Å². The van der Waals surface area contributed by atoms with Gasteiger partial charge >= 0.3 is 0 Å². The van der Waals surface area contributed by atoms with E-state index in [9.17, 15) is 0 Å². The molecule has 1 N–H and O–H groups in total. The molecule has 1 aliphatic heterocycles. The zero-order chi connectivity index (χ0) is 14.0. The van der Waals surface area contributed by atoms with Crippen LogP contribution >= 0.6 is 0 Å². The molecule has 1 unspecified atom stereocenters. The highest BCUT2D eigenvalue weighted by atomic mass is 15.2. The molecule has 0 radical (unpaired) electrons. The average Bonchev–Trinajstić information content (AvgIpc) is 2.26. The molecule has 1 aliphatic rings. The Morgan fingerprint density at radius 3 is 2.42 bits per heavy atom. The maximum atomic E-state index is 3.66. The minimum atomic E-state index is 0.227. The van der Waals surface area contributed by atoms with Gasteiger partial charge in [-0.05, 0) is 39.7 Å². The average molecular weight is 260 g/mol. The van der Waals surface area contributed by atoms with Gasteiger partial charge in [0.05, 0.1) is 0 Å². The summed E-state index contributed by atoms with van der Waals surface area (Å²) in [6.07, 6.45) is 1.22. The third-order valence-corrected chi connectivity index (χ3v) is 4.07. The smallest absolute Gasteiger partial charge is 0.0253 e. The molecule has 0 spiro atoms. The van der Waals surface area contributed by atoms with Crippen molar-refractivity contribution in [3.05, 3.63) is 34.9 Å². The van der Waals surface area contributed by atoms with Gasteiger partial charge in [-0.2, -0.15) is 0 Å². The molecule has 1 fully saturated rings. The predicted octanol–water partition coefficient (Wildman–Crippen LogP) is 3.27. The first-order valence-electron chi connectivity index (χ1n) is 7.46. The molecule has 0 bridgehead atoms. The normalized spacial score (nSPS) is 23.5. The Hall–Kier alpha value is -0.860. The second kappa shape index (κ2) is 5.64. The molecule has 1 saturated heterocycles. The fourth-order valence-corrected chi connectivity index (χ4v) is 3.20. The number of aryl methyl sites for hydroxylation is 2. The third kappa shape index (κ3) is 3.80. The highest BCUT2D eigenvalue weighted by Gasteiger charge is 2.31. The third-order valence-electron chi connectivity index (χ3n) is 4.07. The van der Waals surface area contributed by atoms with Crippen molar-refractivity contribution in [2.24, 2.45) is 0 Å². The van der Waals surface area contributed by atoms with E-state index < -0.39 is 0 Å². The molecule has 1 heterocycles. The highest BCUT2D eigenvalue weighted by Crippen LogP contribution is 2.20. The summed E-state index contributed by atoms with van der Waals surface area (Å²) in [5.41, 5.74) is 4.42. The molecule has 0 saturated carbocycles. The summed E-state index contributed by atoms with van der Waals surface area (Å²) in [6, 6.07) is 7.57. The summed E-state index contributed by atoms with van der Waals surface area (Å²) in [4.78, 5) is 2.64. The zero-order valence-electron chi connectivity index (χ0n) is 13.1. The molecule has 1 atom stereocenters. The Labute approximate surface area is 118 Å². The van der Waals surface area contributed by atoms with Crippen molar-refractivity contribution < 1.29 is 0 Å². The first-order valence-corrected chi connectivity index (χ1v) is 7.46. The van der Waals surface area contributed by atoms with E-state index in [0.717, 1.165) is 19.6 Å². The van der Waals surface area contributed by atoms with Crippen molar-refractivity contribution in [1.29, 1.82) is 0 Å². The second-order valence-corrected chi connectivity index (χ2v) is 6.73. The Kier molecular flexibility index (Phi) is 4.32. The van der Waals surface area contributed by atoms with E-state index in [0.29, 0.717) is 6.04 Å². The minimum Gasteiger partial charge on any atom is -0.309 e. The van der Waals surface area contributed by atoms with Crippen LogP contribution in [0.5, 0.6) is 0 Å². The topological polar surface area (TPSA) is 15.3 Å². The number of hydrogen-bond donors (Lipinski definition) is 1. The lowest BCUT2D eigenvalue weighted by molar-refractivity contribution is 0.0858. The summed E-state index contributed by atoms with van der Waals surface area (Å²) >= 11 is 0. The van der Waals surface area contributed by atoms with E-state index in [1.54, 1.807) is 0 Å². The number of piperazine rings is 1. The van der Waals surface area contributed by atoms with Crippen LogP contribution in [0, 0.1) is 13.8 Å². The largest absolute Gasteiger partial charge is 0.309 e. The van der Waals surface area contributed by atoms with Crippen LogP contribution in [0.2, 0.25) is 0 Å². The molecular formula is C17H28N2. The quantitative estimate of drug-likeness (QED) is 0.897. The van der Waals surface area contributed by atoms with Crippen LogP contribution in [-0.2, 0) is 6.54 Å². The molecule has 2 rings (SSSR count). The number of rotatable bonds is 3. The first-order chi connectivity index (χ1) is 8.89. The SMILES string of the molecule is CCC1CNC(C)(C)CN1Cc1cc(C)cc(C)c1. The molecule has 0 aliphatic carbocycles. The molecule has 106 valence electrons. The van der Waals surface area contributed by atoms with Crippen molar-refractivity contribution in [3.8, 4) is 0 Å². The van der Waals surface area contributed by atoms with Crippen LogP contribution < -0.4 is 5.32 Å². The van der Waals surface area contributed by atoms with Gasteiger partial charge in [0.25, 0.3) is 0 Å². The van der Waals surface area contributed by atoms with Crippen LogP contribution in [0.25, 0.3) is 0 Å². The van der Waals surface area contributed by atoms with Gasteiger partial charge < -0.3 is 5.32 Å². The van der Waals surface area contributed by atoms with Crippen LogP contribution in [0.15, 0.2) is 18.2 Å². The van der Waals surface area contributed by atoms with Crippen molar-refractivity contribution in [2.75, 3.05) is 13.1 Å². The van der Waals surface area contributed by atoms with Gasteiger partial charge in [-0.3, -0.25) is 4.90 Å². The van der Waals surface area contributed by atoms with Crippen molar-refractivity contribution in [1.82, 2.24) is 10.2 Å². The standard InChI is InChI=1S/C17H28N2/c1-6-16-10-18-17(4,5)12-19(16)11-15-8-13(2)7-14(3)9-15/h7-9,16,18H,6,10-12H2,1-5H3. The predicted molar refractivity (Wildman–Crippen MR) is 82.5 cm³/mol. The molecular weight excluding hydrogens is 232 g/mol. The van der Waals surface area contributed by atoms with E-state index in [-0.39, 0.29) is 5.54 Å². The summed E-state index contributed by atoms with van der Waals surface area (Å²) in [7, 11) is 0. The highest BCUT2D eigenvalue weighted by molar-refractivity contribution is 5.28. The zero-order valence-corrected chi connectivity index (χ0v) is 13.1. The van der Waals surface area contributed by atoms with Gasteiger partial charge in [-0.15, -0.1) is 0 Å². The second-order valence-electron chi connectivity index (χ2n) is 6.73. The van der Waals surface area contributed by atoms with Gasteiger partial charge in [0.15, 0.2) is 0 Å². The van der Waals surface area contributed by atoms with E-state index in [2.05, 4.69) is 63.0 Å². The lowest BCUT2D eigenvalue weighted by Crippen LogP contribution is -2.60. The Bertz CT molecular complexity index is 417.